The quantitative estimate of drug-likeness (QED) is 0.790. The van der Waals surface area contributed by atoms with Crippen molar-refractivity contribution in [2.75, 3.05) is 5.73 Å². The Kier molecular flexibility index (Phi) is 4.90. The van der Waals surface area contributed by atoms with E-state index in [9.17, 15) is 4.21 Å². The first-order chi connectivity index (χ1) is 8.97. The Labute approximate surface area is 132 Å². The standard InChI is InChI=1S/C13H10BrCl2NOS/c14-9-2-1-8(11(16)5-9)7-19(18)13-6-10(15)3-4-12(13)17/h1-6H,7,17H2. The van der Waals surface area contributed by atoms with Crippen LogP contribution in [0.15, 0.2) is 45.8 Å². The molecule has 0 bridgehead atoms. The summed E-state index contributed by atoms with van der Waals surface area (Å²) in [6.45, 7) is 0. The van der Waals surface area contributed by atoms with Gasteiger partial charge in [-0.2, -0.15) is 0 Å². The number of hydrogen-bond donors (Lipinski definition) is 1. The van der Waals surface area contributed by atoms with Crippen molar-refractivity contribution < 1.29 is 4.21 Å². The highest BCUT2D eigenvalue weighted by atomic mass is 79.9. The Morgan fingerprint density at radius 2 is 1.89 bits per heavy atom. The van der Waals surface area contributed by atoms with Gasteiger partial charge in [-0.1, -0.05) is 45.2 Å². The first-order valence-electron chi connectivity index (χ1n) is 5.34. The van der Waals surface area contributed by atoms with Crippen LogP contribution in [0.2, 0.25) is 10.0 Å². The third-order valence-corrected chi connectivity index (χ3v) is 5.02. The Hall–Kier alpha value is -0.550. The zero-order valence-corrected chi connectivity index (χ0v) is 13.6. The predicted octanol–water partition coefficient (Wildman–Crippen LogP) is 4.65. The summed E-state index contributed by atoms with van der Waals surface area (Å²) in [5.74, 6) is 0.302. The zero-order valence-electron chi connectivity index (χ0n) is 9.70. The van der Waals surface area contributed by atoms with Crippen LogP contribution in [0.3, 0.4) is 0 Å². The molecule has 1 atom stereocenters. The smallest absolute Gasteiger partial charge is 0.0635 e. The van der Waals surface area contributed by atoms with Gasteiger partial charge >= 0.3 is 0 Å². The molecule has 100 valence electrons. The van der Waals surface area contributed by atoms with Crippen molar-refractivity contribution >= 4 is 55.6 Å². The van der Waals surface area contributed by atoms with E-state index in [-0.39, 0.29) is 0 Å². The Balaban J connectivity index is 2.28. The third-order valence-electron chi connectivity index (χ3n) is 2.52. The average Bonchev–Trinajstić information content (AvgIpc) is 2.35. The number of halogens is 3. The summed E-state index contributed by atoms with van der Waals surface area (Å²) >= 11 is 15.3. The van der Waals surface area contributed by atoms with Gasteiger partial charge in [0.2, 0.25) is 0 Å². The maximum Gasteiger partial charge on any atom is 0.0635 e. The van der Waals surface area contributed by atoms with Crippen LogP contribution in [0.4, 0.5) is 5.69 Å². The molecular weight excluding hydrogens is 369 g/mol. The van der Waals surface area contributed by atoms with E-state index < -0.39 is 10.8 Å². The molecule has 0 heterocycles. The molecule has 0 fully saturated rings. The maximum absolute atomic E-state index is 12.3. The second kappa shape index (κ2) is 6.27. The molecule has 0 spiro atoms. The van der Waals surface area contributed by atoms with Crippen molar-refractivity contribution in [2.45, 2.75) is 10.6 Å². The van der Waals surface area contributed by atoms with Crippen LogP contribution in [0.5, 0.6) is 0 Å². The van der Waals surface area contributed by atoms with E-state index in [0.29, 0.717) is 26.4 Å². The molecule has 0 saturated carbocycles. The lowest BCUT2D eigenvalue weighted by Gasteiger charge is -2.08. The number of anilines is 1. The summed E-state index contributed by atoms with van der Waals surface area (Å²) in [4.78, 5) is 0.534. The molecule has 2 aromatic carbocycles. The van der Waals surface area contributed by atoms with E-state index in [0.717, 1.165) is 10.0 Å². The van der Waals surface area contributed by atoms with E-state index in [1.165, 1.54) is 0 Å². The summed E-state index contributed by atoms with van der Waals surface area (Å²) in [6, 6.07) is 10.4. The fourth-order valence-corrected chi connectivity index (χ4v) is 3.90. The van der Waals surface area contributed by atoms with Crippen molar-refractivity contribution in [1.82, 2.24) is 0 Å². The molecule has 0 aliphatic rings. The monoisotopic (exact) mass is 377 g/mol. The summed E-state index contributed by atoms with van der Waals surface area (Å²) in [7, 11) is -1.28. The van der Waals surface area contributed by atoms with Gasteiger partial charge in [0.05, 0.1) is 21.4 Å². The highest BCUT2D eigenvalue weighted by molar-refractivity contribution is 9.10. The van der Waals surface area contributed by atoms with Gasteiger partial charge in [-0.3, -0.25) is 4.21 Å². The third kappa shape index (κ3) is 3.72. The lowest BCUT2D eigenvalue weighted by atomic mass is 10.2. The van der Waals surface area contributed by atoms with Crippen molar-refractivity contribution in [3.05, 3.63) is 56.5 Å². The molecular formula is C13H10BrCl2NOS. The number of hydrogen-bond acceptors (Lipinski definition) is 2. The minimum absolute atomic E-state index is 0.302. The number of nitrogen functional groups attached to an aromatic ring is 1. The summed E-state index contributed by atoms with van der Waals surface area (Å²) in [5.41, 5.74) is 7.09. The average molecular weight is 379 g/mol. The van der Waals surface area contributed by atoms with Gasteiger partial charge in [0.15, 0.2) is 0 Å². The van der Waals surface area contributed by atoms with Crippen molar-refractivity contribution in [1.29, 1.82) is 0 Å². The van der Waals surface area contributed by atoms with Crippen LogP contribution in [-0.2, 0) is 16.6 Å². The largest absolute Gasteiger partial charge is 0.398 e. The highest BCUT2D eigenvalue weighted by Crippen LogP contribution is 2.27. The molecule has 2 nitrogen and oxygen atoms in total. The van der Waals surface area contributed by atoms with Crippen LogP contribution in [0.25, 0.3) is 0 Å². The van der Waals surface area contributed by atoms with E-state index in [2.05, 4.69) is 15.9 Å². The van der Waals surface area contributed by atoms with Crippen molar-refractivity contribution in [3.8, 4) is 0 Å². The summed E-state index contributed by atoms with van der Waals surface area (Å²) in [6.07, 6.45) is 0. The van der Waals surface area contributed by atoms with Crippen LogP contribution >= 0.6 is 39.1 Å². The molecule has 2 N–H and O–H groups in total. The second-order valence-corrected chi connectivity index (χ2v) is 7.09. The molecule has 2 aromatic rings. The molecule has 0 radical (unpaired) electrons. The van der Waals surface area contributed by atoms with Gasteiger partial charge in [0.25, 0.3) is 0 Å². The predicted molar refractivity (Wildman–Crippen MR) is 85.1 cm³/mol. The molecule has 0 aliphatic heterocycles. The van der Waals surface area contributed by atoms with Gasteiger partial charge in [0.1, 0.15) is 0 Å². The number of rotatable bonds is 3. The van der Waals surface area contributed by atoms with Gasteiger partial charge < -0.3 is 5.73 Å². The van der Waals surface area contributed by atoms with E-state index in [1.807, 2.05) is 12.1 Å². The van der Waals surface area contributed by atoms with E-state index in [4.69, 9.17) is 28.9 Å². The minimum atomic E-state index is -1.28. The zero-order chi connectivity index (χ0) is 14.0. The van der Waals surface area contributed by atoms with Crippen LogP contribution in [0, 0.1) is 0 Å². The SMILES string of the molecule is Nc1ccc(Cl)cc1S(=O)Cc1ccc(Br)cc1Cl. The molecule has 0 amide bonds. The Morgan fingerprint density at radius 3 is 2.58 bits per heavy atom. The van der Waals surface area contributed by atoms with Crippen molar-refractivity contribution in [2.24, 2.45) is 0 Å². The Morgan fingerprint density at radius 1 is 1.16 bits per heavy atom. The molecule has 0 aliphatic carbocycles. The normalized spacial score (nSPS) is 12.4. The van der Waals surface area contributed by atoms with Crippen molar-refractivity contribution in [3.63, 3.8) is 0 Å². The fraction of sp³-hybridized carbons (Fsp3) is 0.0769. The fourth-order valence-electron chi connectivity index (χ4n) is 1.56. The molecule has 6 heteroatoms. The second-order valence-electron chi connectivity index (χ2n) is 3.91. The van der Waals surface area contributed by atoms with Crippen LogP contribution in [0.1, 0.15) is 5.56 Å². The number of nitrogens with two attached hydrogens (primary N) is 1. The molecule has 19 heavy (non-hydrogen) atoms. The lowest BCUT2D eigenvalue weighted by Crippen LogP contribution is -2.01. The first kappa shape index (κ1) is 14.9. The van der Waals surface area contributed by atoms with Gasteiger partial charge in [-0.15, -0.1) is 0 Å². The van der Waals surface area contributed by atoms with E-state index in [1.54, 1.807) is 24.3 Å². The van der Waals surface area contributed by atoms with Crippen LogP contribution in [-0.4, -0.2) is 4.21 Å². The lowest BCUT2D eigenvalue weighted by molar-refractivity contribution is 0.683. The number of benzene rings is 2. The van der Waals surface area contributed by atoms with Crippen LogP contribution < -0.4 is 5.73 Å². The molecule has 2 rings (SSSR count). The summed E-state index contributed by atoms with van der Waals surface area (Å²) in [5, 5.41) is 1.09. The Bertz CT molecular complexity index is 649. The highest BCUT2D eigenvalue weighted by Gasteiger charge is 2.12. The van der Waals surface area contributed by atoms with Gasteiger partial charge in [-0.05, 0) is 35.9 Å². The first-order valence-corrected chi connectivity index (χ1v) is 8.21. The summed E-state index contributed by atoms with van der Waals surface area (Å²) < 4.78 is 13.2. The van der Waals surface area contributed by atoms with Gasteiger partial charge in [0, 0.05) is 20.2 Å². The molecule has 1 unspecified atom stereocenters. The molecule has 0 saturated heterocycles. The molecule has 0 aromatic heterocycles. The topological polar surface area (TPSA) is 43.1 Å². The van der Waals surface area contributed by atoms with Gasteiger partial charge in [-0.25, -0.2) is 0 Å². The maximum atomic E-state index is 12.3. The minimum Gasteiger partial charge on any atom is -0.398 e. The van der Waals surface area contributed by atoms with E-state index >= 15 is 0 Å².